The van der Waals surface area contributed by atoms with Gasteiger partial charge in [0.05, 0.1) is 24.9 Å². The van der Waals surface area contributed by atoms with E-state index in [1.54, 1.807) is 18.7 Å². The maximum Gasteiger partial charge on any atom is 0.268 e. The minimum atomic E-state index is -3.49. The highest BCUT2D eigenvalue weighted by atomic mass is 32.2. The number of nitrogens with zero attached hydrogens (tertiary/aromatic N) is 1. The maximum atomic E-state index is 11.4. The van der Waals surface area contributed by atoms with E-state index in [9.17, 15) is 8.42 Å². The zero-order chi connectivity index (χ0) is 12.6. The van der Waals surface area contributed by atoms with E-state index in [-0.39, 0.29) is 18.4 Å². The summed E-state index contributed by atoms with van der Waals surface area (Å²) < 4.78 is 27.6. The summed E-state index contributed by atoms with van der Waals surface area (Å²) in [5.41, 5.74) is 0. The molecule has 0 saturated carbocycles. The largest absolute Gasteiger partial charge is 0.280 e. The molecular weight excluding hydrogens is 226 g/mol. The Morgan fingerprint density at radius 2 is 1.75 bits per heavy atom. The van der Waals surface area contributed by atoms with Crippen LogP contribution < -0.4 is 0 Å². The first-order chi connectivity index (χ1) is 7.41. The third kappa shape index (κ3) is 7.30. The second kappa shape index (κ2) is 7.29. The van der Waals surface area contributed by atoms with Crippen molar-refractivity contribution < 1.29 is 12.6 Å². The Morgan fingerprint density at radius 1 is 1.25 bits per heavy atom. The van der Waals surface area contributed by atoms with E-state index in [0.717, 1.165) is 0 Å². The molecule has 0 aromatic heterocycles. The second-order valence-electron chi connectivity index (χ2n) is 3.53. The van der Waals surface area contributed by atoms with E-state index < -0.39 is 10.1 Å². The molecular formula is C11H17NO3S. The summed E-state index contributed by atoms with van der Waals surface area (Å²) in [4.78, 5) is 1.70. The molecule has 16 heavy (non-hydrogen) atoms. The Hall–Kier alpha value is -1.01. The van der Waals surface area contributed by atoms with Crippen LogP contribution >= 0.6 is 0 Å². The van der Waals surface area contributed by atoms with Crippen LogP contribution in [0, 0.1) is 24.7 Å². The molecule has 0 aliphatic rings. The molecule has 0 rings (SSSR count). The molecule has 0 radical (unpaired) electrons. The highest BCUT2D eigenvalue weighted by Crippen LogP contribution is 2.00. The molecule has 4 nitrogen and oxygen atoms in total. The number of terminal acetylenes is 2. The molecule has 0 aromatic carbocycles. The molecule has 0 spiro atoms. The van der Waals surface area contributed by atoms with Gasteiger partial charge in [-0.1, -0.05) is 11.8 Å². The molecule has 0 unspecified atom stereocenters. The van der Waals surface area contributed by atoms with Crippen molar-refractivity contribution in [2.75, 3.05) is 25.4 Å². The van der Waals surface area contributed by atoms with Gasteiger partial charge in [0.15, 0.2) is 0 Å². The summed E-state index contributed by atoms with van der Waals surface area (Å²) in [6.45, 7) is 4.28. The molecule has 0 heterocycles. The number of hydrogen-bond donors (Lipinski definition) is 0. The molecule has 0 bridgehead atoms. The van der Waals surface area contributed by atoms with Crippen molar-refractivity contribution in [1.82, 2.24) is 4.90 Å². The van der Waals surface area contributed by atoms with Gasteiger partial charge in [-0.3, -0.25) is 9.08 Å². The Labute approximate surface area is 98.1 Å². The van der Waals surface area contributed by atoms with Crippen molar-refractivity contribution in [3.63, 3.8) is 0 Å². The van der Waals surface area contributed by atoms with Crippen LogP contribution in [-0.2, 0) is 14.3 Å². The van der Waals surface area contributed by atoms with Crippen molar-refractivity contribution >= 4 is 10.1 Å². The van der Waals surface area contributed by atoms with Gasteiger partial charge < -0.3 is 0 Å². The first kappa shape index (κ1) is 15.0. The molecule has 0 amide bonds. The topological polar surface area (TPSA) is 46.6 Å². The quantitative estimate of drug-likeness (QED) is 0.477. The highest BCUT2D eigenvalue weighted by Gasteiger charge is 2.15. The van der Waals surface area contributed by atoms with Gasteiger partial charge in [0, 0.05) is 6.54 Å². The zero-order valence-electron chi connectivity index (χ0n) is 9.64. The molecule has 0 aromatic rings. The molecule has 0 N–H and O–H groups in total. The lowest BCUT2D eigenvalue weighted by Gasteiger charge is -2.16. The Bertz CT molecular complexity index is 357. The average Bonchev–Trinajstić information content (AvgIpc) is 2.13. The summed E-state index contributed by atoms with van der Waals surface area (Å²) in [7, 11) is -3.49. The third-order valence-corrected chi connectivity index (χ3v) is 2.99. The van der Waals surface area contributed by atoms with Crippen molar-refractivity contribution in [3.8, 4) is 24.7 Å². The van der Waals surface area contributed by atoms with Crippen LogP contribution in [0.5, 0.6) is 0 Å². The summed E-state index contributed by atoms with van der Waals surface area (Å²) in [6.07, 6.45) is 9.93. The van der Waals surface area contributed by atoms with Gasteiger partial charge in [0.1, 0.15) is 0 Å². The summed E-state index contributed by atoms with van der Waals surface area (Å²) in [5, 5.41) is 0. The van der Waals surface area contributed by atoms with Gasteiger partial charge >= 0.3 is 0 Å². The molecule has 0 aliphatic heterocycles. The highest BCUT2D eigenvalue weighted by molar-refractivity contribution is 7.86. The van der Waals surface area contributed by atoms with Gasteiger partial charge in [-0.2, -0.15) is 8.42 Å². The van der Waals surface area contributed by atoms with Gasteiger partial charge in [-0.05, 0) is 13.8 Å². The van der Waals surface area contributed by atoms with E-state index in [4.69, 9.17) is 17.0 Å². The predicted molar refractivity (Wildman–Crippen MR) is 64.1 cm³/mol. The van der Waals surface area contributed by atoms with Gasteiger partial charge in [0.25, 0.3) is 10.1 Å². The second-order valence-corrected chi connectivity index (χ2v) is 5.24. The zero-order valence-corrected chi connectivity index (χ0v) is 10.5. The van der Waals surface area contributed by atoms with E-state index in [2.05, 4.69) is 11.8 Å². The molecule has 5 heteroatoms. The molecule has 90 valence electrons. The van der Waals surface area contributed by atoms with Crippen molar-refractivity contribution in [3.05, 3.63) is 0 Å². The first-order valence-corrected chi connectivity index (χ1v) is 6.49. The van der Waals surface area contributed by atoms with E-state index in [0.29, 0.717) is 13.1 Å². The number of hydrogen-bond acceptors (Lipinski definition) is 4. The summed E-state index contributed by atoms with van der Waals surface area (Å²) in [6, 6.07) is 0. The average molecular weight is 243 g/mol. The Kier molecular flexibility index (Phi) is 6.83. The van der Waals surface area contributed by atoms with Gasteiger partial charge in [-0.15, -0.1) is 12.8 Å². The fraction of sp³-hybridized carbons (Fsp3) is 0.636. The van der Waals surface area contributed by atoms with E-state index >= 15 is 0 Å². The molecule has 0 saturated heterocycles. The first-order valence-electron chi connectivity index (χ1n) is 4.91. The maximum absolute atomic E-state index is 11.4. The van der Waals surface area contributed by atoms with Crippen LogP contribution in [0.1, 0.15) is 13.8 Å². The Morgan fingerprint density at radius 3 is 2.12 bits per heavy atom. The minimum absolute atomic E-state index is 0.103. The monoisotopic (exact) mass is 243 g/mol. The van der Waals surface area contributed by atoms with Crippen LogP contribution in [0.25, 0.3) is 0 Å². The molecule has 0 aliphatic carbocycles. The third-order valence-electron chi connectivity index (χ3n) is 1.63. The van der Waals surface area contributed by atoms with Crippen LogP contribution in [0.4, 0.5) is 0 Å². The van der Waals surface area contributed by atoms with Crippen molar-refractivity contribution in [2.24, 2.45) is 0 Å². The van der Waals surface area contributed by atoms with Crippen molar-refractivity contribution in [1.29, 1.82) is 0 Å². The van der Waals surface area contributed by atoms with E-state index in [1.165, 1.54) is 0 Å². The standard InChI is InChI=1S/C11H17NO3S/c1-5-7-12(8-6-2)9-10-16(13,14)15-11(3)4/h1-2,11H,7-10H2,3-4H3. The van der Waals surface area contributed by atoms with Crippen LogP contribution in [0.15, 0.2) is 0 Å². The molecule has 0 fully saturated rings. The lowest BCUT2D eigenvalue weighted by Crippen LogP contribution is -2.31. The van der Waals surface area contributed by atoms with Gasteiger partial charge in [0.2, 0.25) is 0 Å². The predicted octanol–water partition coefficient (Wildman–Crippen LogP) is 0.310. The summed E-state index contributed by atoms with van der Waals surface area (Å²) in [5.74, 6) is 4.75. The van der Waals surface area contributed by atoms with Gasteiger partial charge in [-0.25, -0.2) is 0 Å². The fourth-order valence-corrected chi connectivity index (χ4v) is 2.22. The SMILES string of the molecule is C#CCN(CC#C)CCS(=O)(=O)OC(C)C. The summed E-state index contributed by atoms with van der Waals surface area (Å²) >= 11 is 0. The lowest BCUT2D eigenvalue weighted by atomic mass is 10.5. The van der Waals surface area contributed by atoms with Crippen LogP contribution in [0.2, 0.25) is 0 Å². The van der Waals surface area contributed by atoms with E-state index in [1.807, 2.05) is 0 Å². The molecule has 0 atom stereocenters. The number of rotatable bonds is 7. The van der Waals surface area contributed by atoms with Crippen molar-refractivity contribution in [2.45, 2.75) is 20.0 Å². The normalized spacial score (nSPS) is 11.4. The Balaban J connectivity index is 4.21. The van der Waals surface area contributed by atoms with Crippen LogP contribution in [-0.4, -0.2) is 44.8 Å². The lowest BCUT2D eigenvalue weighted by molar-refractivity contribution is 0.245. The fourth-order valence-electron chi connectivity index (χ4n) is 1.05. The smallest absolute Gasteiger partial charge is 0.268 e. The van der Waals surface area contributed by atoms with Crippen LogP contribution in [0.3, 0.4) is 0 Å². The minimum Gasteiger partial charge on any atom is -0.280 e.